The molecule has 0 bridgehead atoms. The van der Waals surface area contributed by atoms with Gasteiger partial charge < -0.3 is 14.8 Å². The Morgan fingerprint density at radius 1 is 1.20 bits per heavy atom. The molecule has 180 valence electrons. The lowest BCUT2D eigenvalue weighted by Gasteiger charge is -2.37. The smallest absolute Gasteiger partial charge is 0.292 e. The first kappa shape index (κ1) is 24.0. The fourth-order valence-corrected chi connectivity index (χ4v) is 5.97. The predicted molar refractivity (Wildman–Crippen MR) is 141 cm³/mol. The summed E-state index contributed by atoms with van der Waals surface area (Å²) in [5, 5.41) is 16.3. The highest BCUT2D eigenvalue weighted by Crippen LogP contribution is 2.53. The number of hydrogen-bond acceptors (Lipinski definition) is 5. The van der Waals surface area contributed by atoms with Gasteiger partial charge in [0.15, 0.2) is 11.5 Å². The number of anilines is 1. The van der Waals surface area contributed by atoms with Crippen LogP contribution in [0.2, 0.25) is 10.0 Å². The van der Waals surface area contributed by atoms with E-state index >= 15 is 0 Å². The number of nitrogens with zero attached hydrogens (tertiary/aromatic N) is 1. The van der Waals surface area contributed by atoms with Gasteiger partial charge in [-0.2, -0.15) is 0 Å². The van der Waals surface area contributed by atoms with E-state index in [0.717, 1.165) is 27.6 Å². The number of ether oxygens (including phenoxy) is 2. The Morgan fingerprint density at radius 2 is 2.03 bits per heavy atom. The molecule has 0 saturated heterocycles. The van der Waals surface area contributed by atoms with Crippen molar-refractivity contribution in [1.29, 1.82) is 0 Å². The van der Waals surface area contributed by atoms with Gasteiger partial charge in [-0.1, -0.05) is 53.6 Å². The van der Waals surface area contributed by atoms with Gasteiger partial charge in [0.2, 0.25) is 0 Å². The topological polar surface area (TPSA) is 73.6 Å². The third-order valence-electron chi connectivity index (χ3n) is 6.57. The third-order valence-corrected chi connectivity index (χ3v) is 7.75. The van der Waals surface area contributed by atoms with Gasteiger partial charge in [-0.3, -0.25) is 10.1 Å². The summed E-state index contributed by atoms with van der Waals surface area (Å²) < 4.78 is 12.5. The predicted octanol–water partition coefficient (Wildman–Crippen LogP) is 8.08. The van der Waals surface area contributed by atoms with Crippen LogP contribution >= 0.6 is 39.1 Å². The van der Waals surface area contributed by atoms with Gasteiger partial charge in [0.1, 0.15) is 12.3 Å². The van der Waals surface area contributed by atoms with E-state index in [2.05, 4.69) is 33.4 Å². The molecule has 1 N–H and O–H groups in total. The summed E-state index contributed by atoms with van der Waals surface area (Å²) in [5.74, 6) is 1.42. The highest BCUT2D eigenvalue weighted by Gasteiger charge is 2.40. The maximum absolute atomic E-state index is 11.7. The number of hydrogen-bond donors (Lipinski definition) is 1. The number of nitro benzene ring substituents is 1. The molecule has 6 nitrogen and oxygen atoms in total. The number of benzene rings is 3. The Kier molecular flexibility index (Phi) is 6.66. The highest BCUT2D eigenvalue weighted by atomic mass is 79.9. The minimum Gasteiger partial charge on any atom is -0.493 e. The van der Waals surface area contributed by atoms with Gasteiger partial charge in [-0.05, 0) is 63.7 Å². The quantitative estimate of drug-likeness (QED) is 0.183. The lowest BCUT2D eigenvalue weighted by Crippen LogP contribution is -2.29. The van der Waals surface area contributed by atoms with Crippen molar-refractivity contribution in [3.8, 4) is 11.5 Å². The Bertz CT molecular complexity index is 1350. The molecule has 0 amide bonds. The van der Waals surface area contributed by atoms with Gasteiger partial charge in [0.05, 0.1) is 22.5 Å². The Labute approximate surface area is 221 Å². The molecule has 35 heavy (non-hydrogen) atoms. The molecule has 1 aliphatic heterocycles. The summed E-state index contributed by atoms with van der Waals surface area (Å²) in [7, 11) is 1.59. The average molecular weight is 576 g/mol. The Hall–Kier alpha value is -2.74. The Balaban J connectivity index is 1.48. The van der Waals surface area contributed by atoms with Crippen LogP contribution < -0.4 is 14.8 Å². The maximum Gasteiger partial charge on any atom is 0.292 e. The first-order valence-electron chi connectivity index (χ1n) is 11.0. The number of nitro groups is 1. The zero-order valence-electron chi connectivity index (χ0n) is 18.6. The van der Waals surface area contributed by atoms with Crippen LogP contribution in [0.1, 0.15) is 35.1 Å². The molecule has 3 atom stereocenters. The average Bonchev–Trinajstić information content (AvgIpc) is 3.33. The number of fused-ring (bicyclic) bond motifs is 3. The lowest BCUT2D eigenvalue weighted by atomic mass is 9.76. The molecule has 0 saturated carbocycles. The molecule has 1 heterocycles. The zero-order valence-corrected chi connectivity index (χ0v) is 21.7. The van der Waals surface area contributed by atoms with Gasteiger partial charge in [0.25, 0.3) is 5.69 Å². The second-order valence-electron chi connectivity index (χ2n) is 8.53. The SMILES string of the molecule is COc1cc([C@@H]2Nc3c(cccc3[N+](=O)[O-])[C@@H]3C=CC[C@@H]32)cc(Br)c1OCc1ccc(Cl)cc1Cl. The zero-order chi connectivity index (χ0) is 24.7. The molecule has 3 aromatic rings. The Morgan fingerprint density at radius 3 is 2.77 bits per heavy atom. The first-order valence-corrected chi connectivity index (χ1v) is 12.6. The molecule has 2 aliphatic rings. The van der Waals surface area contributed by atoms with Crippen LogP contribution in [0.25, 0.3) is 0 Å². The summed E-state index contributed by atoms with van der Waals surface area (Å²) in [6.45, 7) is 0.236. The van der Waals surface area contributed by atoms with Crippen molar-refractivity contribution in [3.63, 3.8) is 0 Å². The highest BCUT2D eigenvalue weighted by molar-refractivity contribution is 9.10. The van der Waals surface area contributed by atoms with Crippen molar-refractivity contribution in [2.75, 3.05) is 12.4 Å². The number of allylic oxidation sites excluding steroid dienone is 2. The molecule has 0 spiro atoms. The molecule has 0 radical (unpaired) electrons. The van der Waals surface area contributed by atoms with E-state index < -0.39 is 0 Å². The fourth-order valence-electron chi connectivity index (χ4n) is 4.94. The van der Waals surface area contributed by atoms with E-state index in [-0.39, 0.29) is 35.1 Å². The molecule has 0 aromatic heterocycles. The van der Waals surface area contributed by atoms with Crippen molar-refractivity contribution in [1.82, 2.24) is 0 Å². The molecular weight excluding hydrogens is 555 g/mol. The first-order chi connectivity index (χ1) is 16.9. The van der Waals surface area contributed by atoms with E-state index in [4.69, 9.17) is 32.7 Å². The summed E-state index contributed by atoms with van der Waals surface area (Å²) in [4.78, 5) is 11.4. The summed E-state index contributed by atoms with van der Waals surface area (Å²) in [6.07, 6.45) is 5.18. The van der Waals surface area contributed by atoms with Crippen molar-refractivity contribution in [2.45, 2.75) is 25.0 Å². The van der Waals surface area contributed by atoms with Crippen LogP contribution in [-0.2, 0) is 6.61 Å². The molecule has 0 fully saturated rings. The van der Waals surface area contributed by atoms with E-state index in [9.17, 15) is 10.1 Å². The summed E-state index contributed by atoms with van der Waals surface area (Å²) in [5.41, 5.74) is 3.36. The number of nitrogens with one attached hydrogen (secondary N) is 1. The van der Waals surface area contributed by atoms with Gasteiger partial charge in [0, 0.05) is 27.6 Å². The molecule has 3 aromatic carbocycles. The summed E-state index contributed by atoms with van der Waals surface area (Å²) in [6, 6.07) is 14.3. The van der Waals surface area contributed by atoms with E-state index in [1.54, 1.807) is 25.3 Å². The number of rotatable bonds is 6. The van der Waals surface area contributed by atoms with Crippen LogP contribution in [0.15, 0.2) is 65.2 Å². The normalized spacial score (nSPS) is 20.1. The standard InChI is InChI=1S/C26H21BrCl2N2O4/c1-34-23-11-15(10-20(27)26(23)35-13-14-8-9-16(28)12-21(14)29)24-18-5-2-4-17(18)19-6-3-7-22(31(32)33)25(19)30-24/h2-4,6-12,17-18,24,30H,5,13H2,1H3/t17-,18+,24+/m1/s1. The minimum absolute atomic E-state index is 0.0806. The lowest BCUT2D eigenvalue weighted by molar-refractivity contribution is -0.384. The van der Waals surface area contributed by atoms with Gasteiger partial charge >= 0.3 is 0 Å². The maximum atomic E-state index is 11.7. The number of halogens is 3. The molecule has 0 unspecified atom stereocenters. The van der Waals surface area contributed by atoms with Crippen LogP contribution in [0.4, 0.5) is 11.4 Å². The third kappa shape index (κ3) is 4.48. The van der Waals surface area contributed by atoms with Crippen molar-refractivity contribution in [3.05, 3.63) is 102 Å². The molecular formula is C26H21BrCl2N2O4. The van der Waals surface area contributed by atoms with Crippen LogP contribution in [0.5, 0.6) is 11.5 Å². The monoisotopic (exact) mass is 574 g/mol. The molecule has 9 heteroatoms. The van der Waals surface area contributed by atoms with Crippen molar-refractivity contribution >= 4 is 50.5 Å². The van der Waals surface area contributed by atoms with Crippen LogP contribution in [-0.4, -0.2) is 12.0 Å². The molecule has 5 rings (SSSR count). The van der Waals surface area contributed by atoms with Gasteiger partial charge in [-0.15, -0.1) is 0 Å². The molecule has 1 aliphatic carbocycles. The largest absolute Gasteiger partial charge is 0.493 e. The second-order valence-corrected chi connectivity index (χ2v) is 10.2. The van der Waals surface area contributed by atoms with Crippen molar-refractivity contribution in [2.24, 2.45) is 5.92 Å². The van der Waals surface area contributed by atoms with E-state index in [0.29, 0.717) is 27.2 Å². The minimum atomic E-state index is -0.336. The van der Waals surface area contributed by atoms with Crippen molar-refractivity contribution < 1.29 is 14.4 Å². The van der Waals surface area contributed by atoms with Gasteiger partial charge in [-0.25, -0.2) is 0 Å². The second kappa shape index (κ2) is 9.72. The van der Waals surface area contributed by atoms with E-state index in [1.807, 2.05) is 24.3 Å². The fraction of sp³-hybridized carbons (Fsp3) is 0.231. The van der Waals surface area contributed by atoms with E-state index in [1.165, 1.54) is 6.07 Å². The summed E-state index contributed by atoms with van der Waals surface area (Å²) >= 11 is 15.9. The number of para-hydroxylation sites is 1. The van der Waals surface area contributed by atoms with Crippen LogP contribution in [0.3, 0.4) is 0 Å². The number of methoxy groups -OCH3 is 1. The van der Waals surface area contributed by atoms with Crippen LogP contribution in [0, 0.1) is 16.0 Å².